The molecule has 0 aliphatic carbocycles. The second-order valence-corrected chi connectivity index (χ2v) is 4.76. The summed E-state index contributed by atoms with van der Waals surface area (Å²) >= 11 is 0. The van der Waals surface area contributed by atoms with Gasteiger partial charge < -0.3 is 28.8 Å². The molecule has 1 N–H and O–H groups in total. The Hall–Kier alpha value is -0.760. The van der Waals surface area contributed by atoms with Crippen LogP contribution in [0.5, 0.6) is 0 Å². The van der Waals surface area contributed by atoms with E-state index in [1.807, 2.05) is 0 Å². The van der Waals surface area contributed by atoms with E-state index in [0.29, 0.717) is 33.0 Å². The number of methoxy groups -OCH3 is 1. The largest absolute Gasteiger partial charge is 0.394 e. The van der Waals surface area contributed by atoms with Crippen LogP contribution in [0, 0.1) is 0 Å². The topological polar surface area (TPSA) is 66.4 Å². The molecule has 0 aromatic carbocycles. The molecule has 0 aromatic rings. The molecule has 4 atom stereocenters. The molecule has 2 saturated heterocycles. The van der Waals surface area contributed by atoms with Crippen molar-refractivity contribution in [2.75, 3.05) is 46.8 Å². The van der Waals surface area contributed by atoms with E-state index in [2.05, 4.69) is 13.2 Å². The third-order valence-corrected chi connectivity index (χ3v) is 3.07. The van der Waals surface area contributed by atoms with Gasteiger partial charge in [-0.15, -0.1) is 13.2 Å². The zero-order valence-electron chi connectivity index (χ0n) is 12.6. The Morgan fingerprint density at radius 2 is 1.48 bits per heavy atom. The predicted octanol–water partition coefficient (Wildman–Crippen LogP) is 0.551. The molecule has 0 spiro atoms. The van der Waals surface area contributed by atoms with Gasteiger partial charge in [0.05, 0.1) is 51.8 Å². The van der Waals surface area contributed by atoms with Gasteiger partial charge in [-0.05, 0) is 0 Å². The lowest BCUT2D eigenvalue weighted by molar-refractivity contribution is -0.133. The second kappa shape index (κ2) is 10.9. The van der Waals surface area contributed by atoms with Crippen LogP contribution in [0.15, 0.2) is 25.3 Å². The number of hydrogen-bond donors (Lipinski definition) is 1. The molecule has 21 heavy (non-hydrogen) atoms. The first-order chi connectivity index (χ1) is 10.2. The fraction of sp³-hybridized carbons (Fsp3) is 0.733. The van der Waals surface area contributed by atoms with Gasteiger partial charge in [0.25, 0.3) is 0 Å². The molecule has 0 unspecified atom stereocenters. The molecule has 2 heterocycles. The van der Waals surface area contributed by atoms with Crippen LogP contribution < -0.4 is 0 Å². The van der Waals surface area contributed by atoms with Gasteiger partial charge in [0.1, 0.15) is 12.2 Å². The van der Waals surface area contributed by atoms with Crippen molar-refractivity contribution in [1.82, 2.24) is 0 Å². The minimum atomic E-state index is -0.142. The SMILES string of the molecule is C=C[C@H]1CO[C@H](CO)CO1.C=C[C@H]1CO[C@H](COC)CO1. The lowest BCUT2D eigenvalue weighted by atomic mass is 10.3. The van der Waals surface area contributed by atoms with Gasteiger partial charge in [0, 0.05) is 7.11 Å². The number of hydrogen-bond acceptors (Lipinski definition) is 6. The van der Waals surface area contributed by atoms with Crippen LogP contribution >= 0.6 is 0 Å². The predicted molar refractivity (Wildman–Crippen MR) is 78.3 cm³/mol. The van der Waals surface area contributed by atoms with Crippen LogP contribution in [0.2, 0.25) is 0 Å². The van der Waals surface area contributed by atoms with Crippen molar-refractivity contribution < 1.29 is 28.8 Å². The molecule has 2 aliphatic heterocycles. The summed E-state index contributed by atoms with van der Waals surface area (Å²) in [5.74, 6) is 0. The highest BCUT2D eigenvalue weighted by Crippen LogP contribution is 2.08. The molecule has 2 fully saturated rings. The maximum Gasteiger partial charge on any atom is 0.104 e. The first-order valence-corrected chi connectivity index (χ1v) is 7.04. The Bertz CT molecular complexity index is 280. The van der Waals surface area contributed by atoms with Crippen molar-refractivity contribution in [1.29, 1.82) is 0 Å². The second-order valence-electron chi connectivity index (χ2n) is 4.76. The van der Waals surface area contributed by atoms with Crippen molar-refractivity contribution in [3.63, 3.8) is 0 Å². The molecular formula is C15H26O6. The third kappa shape index (κ3) is 7.17. The minimum absolute atomic E-state index is 0.00259. The summed E-state index contributed by atoms with van der Waals surface area (Å²) in [6, 6.07) is 0. The number of ether oxygens (including phenoxy) is 5. The van der Waals surface area contributed by atoms with E-state index in [-0.39, 0.29) is 31.0 Å². The van der Waals surface area contributed by atoms with E-state index >= 15 is 0 Å². The van der Waals surface area contributed by atoms with Crippen molar-refractivity contribution >= 4 is 0 Å². The Morgan fingerprint density at radius 1 is 0.952 bits per heavy atom. The normalized spacial score (nSPS) is 32.7. The van der Waals surface area contributed by atoms with Gasteiger partial charge in [-0.1, -0.05) is 12.2 Å². The van der Waals surface area contributed by atoms with E-state index < -0.39 is 0 Å². The highest BCUT2D eigenvalue weighted by Gasteiger charge is 2.19. The van der Waals surface area contributed by atoms with Crippen LogP contribution in [-0.4, -0.2) is 76.3 Å². The molecule has 6 heteroatoms. The first-order valence-electron chi connectivity index (χ1n) is 7.04. The summed E-state index contributed by atoms with van der Waals surface area (Å²) in [7, 11) is 1.66. The fourth-order valence-corrected chi connectivity index (χ4v) is 1.78. The van der Waals surface area contributed by atoms with Crippen LogP contribution in [-0.2, 0) is 23.7 Å². The summed E-state index contributed by atoms with van der Waals surface area (Å²) in [4.78, 5) is 0. The van der Waals surface area contributed by atoms with E-state index in [9.17, 15) is 0 Å². The summed E-state index contributed by atoms with van der Waals surface area (Å²) < 4.78 is 26.1. The van der Waals surface area contributed by atoms with Crippen molar-refractivity contribution in [2.45, 2.75) is 24.4 Å². The Balaban J connectivity index is 0.000000211. The third-order valence-electron chi connectivity index (χ3n) is 3.07. The summed E-state index contributed by atoms with van der Waals surface area (Å²) in [6.07, 6.45) is 3.47. The fourth-order valence-electron chi connectivity index (χ4n) is 1.78. The molecule has 122 valence electrons. The molecule has 6 nitrogen and oxygen atoms in total. The Morgan fingerprint density at radius 3 is 1.81 bits per heavy atom. The molecule has 0 saturated carbocycles. The van der Waals surface area contributed by atoms with Gasteiger partial charge in [0.15, 0.2) is 0 Å². The van der Waals surface area contributed by atoms with Crippen molar-refractivity contribution in [3.05, 3.63) is 25.3 Å². The molecular weight excluding hydrogens is 276 g/mol. The van der Waals surface area contributed by atoms with Gasteiger partial charge in [0.2, 0.25) is 0 Å². The quantitative estimate of drug-likeness (QED) is 0.748. The van der Waals surface area contributed by atoms with Gasteiger partial charge in [-0.25, -0.2) is 0 Å². The average Bonchev–Trinajstić information content (AvgIpc) is 2.56. The van der Waals surface area contributed by atoms with E-state index in [0.717, 1.165) is 0 Å². The summed E-state index contributed by atoms with van der Waals surface area (Å²) in [5.41, 5.74) is 0. The lowest BCUT2D eigenvalue weighted by Gasteiger charge is -2.27. The minimum Gasteiger partial charge on any atom is -0.394 e. The monoisotopic (exact) mass is 302 g/mol. The van der Waals surface area contributed by atoms with Gasteiger partial charge in [-0.2, -0.15) is 0 Å². The van der Waals surface area contributed by atoms with Crippen LogP contribution in [0.1, 0.15) is 0 Å². The lowest BCUT2D eigenvalue weighted by Crippen LogP contribution is -2.36. The zero-order chi connectivity index (χ0) is 15.5. The molecule has 2 aliphatic rings. The standard InChI is InChI=1S/C8H14O3.C7H12O3/c1-3-7-5-11-8(4-9-2)6-10-7;1-2-6-4-10-7(3-8)5-9-6/h3,7-8H,1,4-6H2,2H3;2,6-8H,1,3-5H2/t7-,8+;6-,7+/m00/s1. The Labute approximate surface area is 126 Å². The van der Waals surface area contributed by atoms with Gasteiger partial charge >= 0.3 is 0 Å². The molecule has 2 rings (SSSR count). The highest BCUT2D eigenvalue weighted by molar-refractivity contribution is 4.83. The van der Waals surface area contributed by atoms with Gasteiger partial charge in [-0.3, -0.25) is 0 Å². The van der Waals surface area contributed by atoms with Crippen LogP contribution in [0.4, 0.5) is 0 Å². The maximum absolute atomic E-state index is 8.62. The maximum atomic E-state index is 8.62. The molecule has 0 radical (unpaired) electrons. The smallest absolute Gasteiger partial charge is 0.104 e. The first kappa shape index (κ1) is 18.3. The molecule has 0 bridgehead atoms. The highest BCUT2D eigenvalue weighted by atomic mass is 16.6. The summed E-state index contributed by atoms with van der Waals surface area (Å²) in [5, 5.41) is 8.62. The average molecular weight is 302 g/mol. The van der Waals surface area contributed by atoms with Crippen LogP contribution in [0.3, 0.4) is 0 Å². The number of aliphatic hydroxyl groups is 1. The molecule has 0 amide bonds. The van der Waals surface area contributed by atoms with E-state index in [4.69, 9.17) is 28.8 Å². The molecule has 0 aromatic heterocycles. The zero-order valence-corrected chi connectivity index (χ0v) is 12.6. The van der Waals surface area contributed by atoms with E-state index in [1.54, 1.807) is 19.3 Å². The van der Waals surface area contributed by atoms with E-state index in [1.165, 1.54) is 0 Å². The number of aliphatic hydroxyl groups excluding tert-OH is 1. The van der Waals surface area contributed by atoms with Crippen LogP contribution in [0.25, 0.3) is 0 Å². The summed E-state index contributed by atoms with van der Waals surface area (Å²) in [6.45, 7) is 9.99. The number of rotatable bonds is 5. The Kier molecular flexibility index (Phi) is 9.49. The van der Waals surface area contributed by atoms with Crippen molar-refractivity contribution in [2.24, 2.45) is 0 Å². The van der Waals surface area contributed by atoms with Crippen molar-refractivity contribution in [3.8, 4) is 0 Å².